The van der Waals surface area contributed by atoms with E-state index in [9.17, 15) is 10.1 Å². The van der Waals surface area contributed by atoms with Gasteiger partial charge in [0, 0.05) is 31.3 Å². The molecule has 0 aliphatic heterocycles. The number of nitro benzene ring substituents is 1. The van der Waals surface area contributed by atoms with Gasteiger partial charge in [-0.05, 0) is 18.9 Å². The van der Waals surface area contributed by atoms with Crippen molar-refractivity contribution in [1.82, 2.24) is 10.3 Å². The summed E-state index contributed by atoms with van der Waals surface area (Å²) >= 11 is 0. The Hall–Kier alpha value is -2.15. The number of fused-ring (bicyclic) bond motifs is 1. The SMILES string of the molecule is O=[N+]([O-])c1ccc2oc(NCCNC3CC3)nc2c1. The number of rotatable bonds is 6. The largest absolute Gasteiger partial charge is 0.424 e. The summed E-state index contributed by atoms with van der Waals surface area (Å²) in [4.78, 5) is 14.4. The summed E-state index contributed by atoms with van der Waals surface area (Å²) in [5.74, 6) is 0. The van der Waals surface area contributed by atoms with E-state index in [0.717, 1.165) is 6.54 Å². The quantitative estimate of drug-likeness (QED) is 0.469. The van der Waals surface area contributed by atoms with Gasteiger partial charge in [-0.3, -0.25) is 10.1 Å². The molecule has 7 nitrogen and oxygen atoms in total. The number of nitrogens with zero attached hydrogens (tertiary/aromatic N) is 2. The van der Waals surface area contributed by atoms with Gasteiger partial charge >= 0.3 is 0 Å². The maximum atomic E-state index is 10.7. The molecule has 0 atom stereocenters. The van der Waals surface area contributed by atoms with Crippen molar-refractivity contribution >= 4 is 22.8 Å². The van der Waals surface area contributed by atoms with Crippen LogP contribution in [-0.2, 0) is 0 Å². The Balaban J connectivity index is 1.64. The minimum Gasteiger partial charge on any atom is -0.424 e. The van der Waals surface area contributed by atoms with Crippen LogP contribution in [0, 0.1) is 10.1 Å². The van der Waals surface area contributed by atoms with Crippen molar-refractivity contribution in [3.8, 4) is 0 Å². The monoisotopic (exact) mass is 262 g/mol. The molecule has 1 aliphatic rings. The molecular formula is C12H14N4O3. The lowest BCUT2D eigenvalue weighted by Gasteiger charge is -2.02. The molecule has 0 unspecified atom stereocenters. The molecule has 0 amide bonds. The molecule has 1 fully saturated rings. The van der Waals surface area contributed by atoms with Gasteiger partial charge in [-0.15, -0.1) is 0 Å². The van der Waals surface area contributed by atoms with Gasteiger partial charge in [0.05, 0.1) is 4.92 Å². The second-order valence-electron chi connectivity index (χ2n) is 4.58. The highest BCUT2D eigenvalue weighted by molar-refractivity contribution is 5.77. The molecule has 1 aromatic carbocycles. The molecule has 0 spiro atoms. The molecule has 1 aliphatic carbocycles. The standard InChI is InChI=1S/C12H14N4O3/c17-16(18)9-3-4-11-10(7-9)15-12(19-11)14-6-5-13-8-1-2-8/h3-4,7-8,13H,1-2,5-6H2,(H,14,15). The lowest BCUT2D eigenvalue weighted by atomic mass is 10.3. The number of hydrogen-bond donors (Lipinski definition) is 2. The zero-order valence-corrected chi connectivity index (χ0v) is 10.3. The van der Waals surface area contributed by atoms with Gasteiger partial charge < -0.3 is 15.1 Å². The van der Waals surface area contributed by atoms with Crippen LogP contribution in [0.5, 0.6) is 0 Å². The Labute approximate surface area is 109 Å². The van der Waals surface area contributed by atoms with Crippen LogP contribution >= 0.6 is 0 Å². The molecule has 1 heterocycles. The van der Waals surface area contributed by atoms with Crippen LogP contribution in [0.3, 0.4) is 0 Å². The second-order valence-corrected chi connectivity index (χ2v) is 4.58. The fourth-order valence-electron chi connectivity index (χ4n) is 1.84. The van der Waals surface area contributed by atoms with Crippen molar-refractivity contribution < 1.29 is 9.34 Å². The predicted molar refractivity (Wildman–Crippen MR) is 70.2 cm³/mol. The van der Waals surface area contributed by atoms with Crippen LogP contribution < -0.4 is 10.6 Å². The molecule has 2 N–H and O–H groups in total. The molecule has 100 valence electrons. The third-order valence-electron chi connectivity index (χ3n) is 2.99. The van der Waals surface area contributed by atoms with Gasteiger partial charge in [-0.1, -0.05) is 0 Å². The first-order chi connectivity index (χ1) is 9.22. The van der Waals surface area contributed by atoms with E-state index in [2.05, 4.69) is 15.6 Å². The Kier molecular flexibility index (Phi) is 3.04. The van der Waals surface area contributed by atoms with E-state index < -0.39 is 4.92 Å². The minimum absolute atomic E-state index is 0.0164. The lowest BCUT2D eigenvalue weighted by Crippen LogP contribution is -2.23. The average molecular weight is 262 g/mol. The zero-order chi connectivity index (χ0) is 13.2. The summed E-state index contributed by atoms with van der Waals surface area (Å²) < 4.78 is 5.45. The minimum atomic E-state index is -0.444. The van der Waals surface area contributed by atoms with E-state index in [1.54, 1.807) is 6.07 Å². The van der Waals surface area contributed by atoms with Crippen LogP contribution in [0.1, 0.15) is 12.8 Å². The first-order valence-corrected chi connectivity index (χ1v) is 6.24. The highest BCUT2D eigenvalue weighted by atomic mass is 16.6. The van der Waals surface area contributed by atoms with E-state index >= 15 is 0 Å². The number of nitrogens with one attached hydrogen (secondary N) is 2. The van der Waals surface area contributed by atoms with Gasteiger partial charge in [-0.2, -0.15) is 4.98 Å². The lowest BCUT2D eigenvalue weighted by molar-refractivity contribution is -0.384. The third kappa shape index (κ3) is 2.82. The van der Waals surface area contributed by atoms with Crippen LogP contribution in [0.25, 0.3) is 11.1 Å². The van der Waals surface area contributed by atoms with Gasteiger partial charge in [0.2, 0.25) is 0 Å². The van der Waals surface area contributed by atoms with Gasteiger partial charge in [0.15, 0.2) is 5.58 Å². The first kappa shape index (κ1) is 11.9. The molecule has 0 saturated heterocycles. The number of nitro groups is 1. The molecule has 7 heteroatoms. The molecule has 2 aromatic rings. The van der Waals surface area contributed by atoms with Crippen LogP contribution in [-0.4, -0.2) is 29.0 Å². The summed E-state index contributed by atoms with van der Waals surface area (Å²) in [5, 5.41) is 17.1. The van der Waals surface area contributed by atoms with Crippen molar-refractivity contribution in [2.45, 2.75) is 18.9 Å². The number of non-ortho nitro benzene ring substituents is 1. The van der Waals surface area contributed by atoms with Crippen molar-refractivity contribution in [2.24, 2.45) is 0 Å². The van der Waals surface area contributed by atoms with Crippen molar-refractivity contribution in [1.29, 1.82) is 0 Å². The van der Waals surface area contributed by atoms with E-state index in [1.807, 2.05) is 0 Å². The summed E-state index contributed by atoms with van der Waals surface area (Å²) in [6, 6.07) is 5.45. The Morgan fingerprint density at radius 3 is 3.00 bits per heavy atom. The van der Waals surface area contributed by atoms with E-state index in [0.29, 0.717) is 29.7 Å². The van der Waals surface area contributed by atoms with Gasteiger partial charge in [-0.25, -0.2) is 0 Å². The summed E-state index contributed by atoms with van der Waals surface area (Å²) in [6.07, 6.45) is 2.51. The van der Waals surface area contributed by atoms with E-state index in [-0.39, 0.29) is 5.69 Å². The first-order valence-electron chi connectivity index (χ1n) is 6.24. The summed E-state index contributed by atoms with van der Waals surface area (Å²) in [5.41, 5.74) is 1.05. The van der Waals surface area contributed by atoms with Crippen molar-refractivity contribution in [3.05, 3.63) is 28.3 Å². The maximum absolute atomic E-state index is 10.7. The Bertz CT molecular complexity index is 606. The smallest absolute Gasteiger partial charge is 0.295 e. The van der Waals surface area contributed by atoms with E-state index in [1.165, 1.54) is 25.0 Å². The molecule has 0 bridgehead atoms. The van der Waals surface area contributed by atoms with Crippen LogP contribution in [0.15, 0.2) is 22.6 Å². The maximum Gasteiger partial charge on any atom is 0.295 e. The normalized spacial score (nSPS) is 14.7. The third-order valence-corrected chi connectivity index (χ3v) is 2.99. The topological polar surface area (TPSA) is 93.2 Å². The van der Waals surface area contributed by atoms with E-state index in [4.69, 9.17) is 4.42 Å². The number of benzene rings is 1. The fraction of sp³-hybridized carbons (Fsp3) is 0.417. The van der Waals surface area contributed by atoms with Crippen molar-refractivity contribution in [2.75, 3.05) is 18.4 Å². The number of aromatic nitrogens is 1. The van der Waals surface area contributed by atoms with Gasteiger partial charge in [0.25, 0.3) is 11.7 Å². The number of hydrogen-bond acceptors (Lipinski definition) is 6. The molecule has 1 saturated carbocycles. The number of anilines is 1. The fourth-order valence-corrected chi connectivity index (χ4v) is 1.84. The van der Waals surface area contributed by atoms with Crippen molar-refractivity contribution in [3.63, 3.8) is 0 Å². The van der Waals surface area contributed by atoms with Crippen LogP contribution in [0.2, 0.25) is 0 Å². The Morgan fingerprint density at radius 2 is 2.26 bits per heavy atom. The Morgan fingerprint density at radius 1 is 1.42 bits per heavy atom. The highest BCUT2D eigenvalue weighted by Crippen LogP contribution is 2.23. The molecular weight excluding hydrogens is 248 g/mol. The zero-order valence-electron chi connectivity index (χ0n) is 10.3. The van der Waals surface area contributed by atoms with Crippen LogP contribution in [0.4, 0.5) is 11.7 Å². The molecule has 3 rings (SSSR count). The van der Waals surface area contributed by atoms with Gasteiger partial charge in [0.1, 0.15) is 5.52 Å². The second kappa shape index (κ2) is 4.85. The number of oxazole rings is 1. The molecule has 19 heavy (non-hydrogen) atoms. The summed E-state index contributed by atoms with van der Waals surface area (Å²) in [6.45, 7) is 1.56. The highest BCUT2D eigenvalue weighted by Gasteiger charge is 2.19. The average Bonchev–Trinajstić information content (AvgIpc) is 3.12. The predicted octanol–water partition coefficient (Wildman–Crippen LogP) is 1.90. The molecule has 0 radical (unpaired) electrons. The summed E-state index contributed by atoms with van der Waals surface area (Å²) in [7, 11) is 0. The molecule has 1 aromatic heterocycles.